The minimum atomic E-state index is 0. The van der Waals surface area contributed by atoms with Crippen LogP contribution in [0.3, 0.4) is 0 Å². The molecule has 1 saturated heterocycles. The Hall–Kier alpha value is -0.790. The third-order valence-electron chi connectivity index (χ3n) is 3.75. The minimum Gasteiger partial charge on any atom is -0.354 e. The van der Waals surface area contributed by atoms with Crippen LogP contribution in [0.5, 0.6) is 0 Å². The fourth-order valence-corrected chi connectivity index (χ4v) is 2.42. The Balaban J connectivity index is 0. The van der Waals surface area contributed by atoms with Gasteiger partial charge in [-0.3, -0.25) is 4.79 Å². The summed E-state index contributed by atoms with van der Waals surface area (Å²) in [5, 5.41) is 2.95. The molecule has 1 amide bonds. The standard InChI is InChI=1S/C15H25N5O.3ClH/c1-19-8-10-20(11-9-19)15-13(4-3-7-17-15)12-18-14(21)5-2-6-16;;;/h3-4,7H,2,5-6,8-12,16H2,1H3,(H,18,21);3*1H. The highest BCUT2D eigenvalue weighted by Crippen LogP contribution is 2.18. The first kappa shape index (κ1) is 25.5. The van der Waals surface area contributed by atoms with E-state index in [2.05, 4.69) is 27.1 Å². The largest absolute Gasteiger partial charge is 0.354 e. The molecule has 140 valence electrons. The van der Waals surface area contributed by atoms with Crippen LogP contribution in [0.2, 0.25) is 0 Å². The number of anilines is 1. The van der Waals surface area contributed by atoms with Gasteiger partial charge in [0.1, 0.15) is 5.82 Å². The highest BCUT2D eigenvalue weighted by Gasteiger charge is 2.17. The average molecular weight is 401 g/mol. The van der Waals surface area contributed by atoms with E-state index in [4.69, 9.17) is 5.73 Å². The summed E-state index contributed by atoms with van der Waals surface area (Å²) in [5.74, 6) is 1.04. The highest BCUT2D eigenvalue weighted by atomic mass is 35.5. The van der Waals surface area contributed by atoms with Gasteiger partial charge < -0.3 is 20.9 Å². The van der Waals surface area contributed by atoms with Crippen LogP contribution >= 0.6 is 37.2 Å². The zero-order chi connectivity index (χ0) is 15.1. The molecule has 6 nitrogen and oxygen atoms in total. The van der Waals surface area contributed by atoms with Crippen molar-refractivity contribution in [3.63, 3.8) is 0 Å². The van der Waals surface area contributed by atoms with Crippen LogP contribution in [0.1, 0.15) is 18.4 Å². The Morgan fingerprint density at radius 2 is 1.92 bits per heavy atom. The lowest BCUT2D eigenvalue weighted by Gasteiger charge is -2.34. The Kier molecular flexibility index (Phi) is 14.3. The second-order valence-corrected chi connectivity index (χ2v) is 5.45. The quantitative estimate of drug-likeness (QED) is 0.756. The number of hydrogen-bond donors (Lipinski definition) is 2. The van der Waals surface area contributed by atoms with Crippen LogP contribution in [0.25, 0.3) is 0 Å². The van der Waals surface area contributed by atoms with Gasteiger partial charge in [-0.1, -0.05) is 6.07 Å². The molecule has 24 heavy (non-hydrogen) atoms. The number of piperazine rings is 1. The summed E-state index contributed by atoms with van der Waals surface area (Å²) < 4.78 is 0. The first-order chi connectivity index (χ1) is 10.2. The van der Waals surface area contributed by atoms with Gasteiger partial charge in [0.15, 0.2) is 0 Å². The molecule has 0 unspecified atom stereocenters. The summed E-state index contributed by atoms with van der Waals surface area (Å²) in [6.07, 6.45) is 3.03. The maximum absolute atomic E-state index is 11.7. The van der Waals surface area contributed by atoms with Gasteiger partial charge in [-0.2, -0.15) is 0 Å². The fourth-order valence-electron chi connectivity index (χ4n) is 2.42. The van der Waals surface area contributed by atoms with E-state index in [-0.39, 0.29) is 43.1 Å². The van der Waals surface area contributed by atoms with Crippen LogP contribution < -0.4 is 16.0 Å². The summed E-state index contributed by atoms with van der Waals surface area (Å²) >= 11 is 0. The van der Waals surface area contributed by atoms with Gasteiger partial charge >= 0.3 is 0 Å². The van der Waals surface area contributed by atoms with Crippen molar-refractivity contribution in [2.75, 3.05) is 44.7 Å². The number of amides is 1. The normalized spacial score (nSPS) is 14.0. The highest BCUT2D eigenvalue weighted by molar-refractivity contribution is 5.86. The van der Waals surface area contributed by atoms with Crippen LogP contribution in [0, 0.1) is 0 Å². The molecule has 0 saturated carbocycles. The first-order valence-electron chi connectivity index (χ1n) is 7.55. The lowest BCUT2D eigenvalue weighted by atomic mass is 10.2. The zero-order valence-corrected chi connectivity index (χ0v) is 16.4. The number of rotatable bonds is 6. The molecule has 2 rings (SSSR count). The molecule has 0 aliphatic carbocycles. The number of nitrogens with two attached hydrogens (primary N) is 1. The van der Waals surface area contributed by atoms with Gasteiger partial charge in [0.25, 0.3) is 0 Å². The molecule has 2 heterocycles. The van der Waals surface area contributed by atoms with Gasteiger partial charge in [-0.25, -0.2) is 4.98 Å². The molecule has 1 fully saturated rings. The van der Waals surface area contributed by atoms with E-state index in [9.17, 15) is 4.79 Å². The van der Waals surface area contributed by atoms with Crippen molar-refractivity contribution in [2.45, 2.75) is 19.4 Å². The number of nitrogens with one attached hydrogen (secondary N) is 1. The monoisotopic (exact) mass is 399 g/mol. The van der Waals surface area contributed by atoms with E-state index in [1.165, 1.54) is 0 Å². The van der Waals surface area contributed by atoms with Gasteiger partial charge in [-0.15, -0.1) is 37.2 Å². The van der Waals surface area contributed by atoms with Crippen molar-refractivity contribution < 1.29 is 4.79 Å². The van der Waals surface area contributed by atoms with Crippen molar-refractivity contribution in [1.29, 1.82) is 0 Å². The Morgan fingerprint density at radius 3 is 2.54 bits per heavy atom. The Morgan fingerprint density at radius 1 is 1.25 bits per heavy atom. The number of pyridine rings is 1. The lowest BCUT2D eigenvalue weighted by molar-refractivity contribution is -0.121. The van der Waals surface area contributed by atoms with Gasteiger partial charge in [0.05, 0.1) is 0 Å². The number of nitrogens with zero attached hydrogens (tertiary/aromatic N) is 3. The van der Waals surface area contributed by atoms with Crippen molar-refractivity contribution in [3.05, 3.63) is 23.9 Å². The Labute approximate surface area is 162 Å². The van der Waals surface area contributed by atoms with Crippen LogP contribution in [-0.4, -0.2) is 55.6 Å². The molecule has 0 radical (unpaired) electrons. The third-order valence-corrected chi connectivity index (χ3v) is 3.75. The second-order valence-electron chi connectivity index (χ2n) is 5.45. The van der Waals surface area contributed by atoms with Crippen LogP contribution in [0.15, 0.2) is 18.3 Å². The summed E-state index contributed by atoms with van der Waals surface area (Å²) in [4.78, 5) is 20.8. The van der Waals surface area contributed by atoms with E-state index < -0.39 is 0 Å². The van der Waals surface area contributed by atoms with Gasteiger partial charge in [0, 0.05) is 50.9 Å². The third kappa shape index (κ3) is 7.85. The predicted octanol–water partition coefficient (Wildman–Crippen LogP) is 1.45. The maximum Gasteiger partial charge on any atom is 0.220 e. The molecule has 0 bridgehead atoms. The summed E-state index contributed by atoms with van der Waals surface area (Å²) in [7, 11) is 2.13. The number of aromatic nitrogens is 1. The van der Waals surface area contributed by atoms with Gasteiger partial charge in [0.2, 0.25) is 5.91 Å². The molecule has 0 aromatic carbocycles. The van der Waals surface area contributed by atoms with Crippen LogP contribution in [0.4, 0.5) is 5.82 Å². The topological polar surface area (TPSA) is 74.5 Å². The molecule has 9 heteroatoms. The van der Waals surface area contributed by atoms with Gasteiger partial charge in [-0.05, 0) is 26.1 Å². The fraction of sp³-hybridized carbons (Fsp3) is 0.600. The number of hydrogen-bond acceptors (Lipinski definition) is 5. The SMILES string of the molecule is CN1CCN(c2ncccc2CNC(=O)CCCN)CC1.Cl.Cl.Cl. The summed E-state index contributed by atoms with van der Waals surface area (Å²) in [5.41, 5.74) is 6.49. The van der Waals surface area contributed by atoms with Crippen molar-refractivity contribution in [2.24, 2.45) is 5.73 Å². The summed E-state index contributed by atoms with van der Waals surface area (Å²) in [6, 6.07) is 3.95. The van der Waals surface area contributed by atoms with E-state index >= 15 is 0 Å². The minimum absolute atomic E-state index is 0. The first-order valence-corrected chi connectivity index (χ1v) is 7.55. The molecule has 1 aliphatic heterocycles. The molecule has 0 spiro atoms. The van der Waals surface area contributed by atoms with E-state index in [0.29, 0.717) is 19.5 Å². The van der Waals surface area contributed by atoms with Crippen molar-refractivity contribution in [1.82, 2.24) is 15.2 Å². The number of carbonyl (C=O) groups excluding carboxylic acids is 1. The predicted molar refractivity (Wildman–Crippen MR) is 106 cm³/mol. The molecule has 3 N–H and O–H groups in total. The zero-order valence-electron chi connectivity index (χ0n) is 13.9. The van der Waals surface area contributed by atoms with Crippen molar-refractivity contribution in [3.8, 4) is 0 Å². The second kappa shape index (κ2) is 13.5. The molecule has 1 aromatic heterocycles. The summed E-state index contributed by atoms with van der Waals surface area (Å²) in [6.45, 7) is 5.10. The molecular formula is C15H28Cl3N5O. The van der Waals surface area contributed by atoms with E-state index in [1.54, 1.807) is 0 Å². The van der Waals surface area contributed by atoms with E-state index in [1.807, 2.05) is 18.3 Å². The lowest BCUT2D eigenvalue weighted by Crippen LogP contribution is -2.45. The molecular weight excluding hydrogens is 373 g/mol. The smallest absolute Gasteiger partial charge is 0.220 e. The number of likely N-dealkylation sites (N-methyl/N-ethyl adjacent to an activating group) is 1. The maximum atomic E-state index is 11.7. The number of halogens is 3. The average Bonchev–Trinajstić information content (AvgIpc) is 2.52. The van der Waals surface area contributed by atoms with Crippen LogP contribution in [-0.2, 0) is 11.3 Å². The number of carbonyl (C=O) groups is 1. The van der Waals surface area contributed by atoms with Crippen molar-refractivity contribution >= 4 is 48.9 Å². The molecule has 1 aliphatic rings. The molecule has 0 atom stereocenters. The molecule has 1 aromatic rings. The Bertz CT molecular complexity index is 470. The van der Waals surface area contributed by atoms with E-state index in [0.717, 1.165) is 44.0 Å².